The third kappa shape index (κ3) is 2.42. The monoisotopic (exact) mass is 187 g/mol. The molecule has 2 atom stereocenters. The summed E-state index contributed by atoms with van der Waals surface area (Å²) in [5.74, 6) is -1.99. The molecule has 0 aromatic carbocycles. The highest BCUT2D eigenvalue weighted by Crippen LogP contribution is 2.17. The lowest BCUT2D eigenvalue weighted by Gasteiger charge is -2.25. The summed E-state index contributed by atoms with van der Waals surface area (Å²) < 4.78 is 4.55. The fourth-order valence-electron chi connectivity index (χ4n) is 1.48. The summed E-state index contributed by atoms with van der Waals surface area (Å²) in [6.45, 7) is 0.944. The first-order valence-corrected chi connectivity index (χ1v) is 4.16. The highest BCUT2D eigenvalue weighted by molar-refractivity contribution is 5.75. The first-order chi connectivity index (χ1) is 6.15. The maximum atomic E-state index is 11.1. The molecule has 13 heavy (non-hydrogen) atoms. The minimum absolute atomic E-state index is 0.320. The molecule has 0 aromatic rings. The highest BCUT2D eigenvalue weighted by atomic mass is 16.5. The number of esters is 1. The molecule has 2 N–H and O–H groups in total. The average Bonchev–Trinajstić information content (AvgIpc) is 2.17. The van der Waals surface area contributed by atoms with Crippen LogP contribution in [0.1, 0.15) is 6.42 Å². The van der Waals surface area contributed by atoms with Gasteiger partial charge in [0.05, 0.1) is 18.9 Å². The number of carboxylic acid groups (broad SMARTS) is 1. The van der Waals surface area contributed by atoms with Crippen molar-refractivity contribution in [3.8, 4) is 0 Å². The molecule has 1 saturated heterocycles. The number of methoxy groups -OCH3 is 1. The second kappa shape index (κ2) is 4.23. The number of nitrogens with one attached hydrogen (secondary N) is 1. The molecule has 0 radical (unpaired) electrons. The lowest BCUT2D eigenvalue weighted by atomic mass is 9.91. The number of ether oxygens (including phenoxy) is 1. The van der Waals surface area contributed by atoms with E-state index in [0.29, 0.717) is 19.5 Å². The second-order valence-electron chi connectivity index (χ2n) is 3.15. The van der Waals surface area contributed by atoms with Crippen LogP contribution in [0.5, 0.6) is 0 Å². The Morgan fingerprint density at radius 2 is 2.00 bits per heavy atom. The molecule has 1 fully saturated rings. The molecule has 0 unspecified atom stereocenters. The number of aliphatic carboxylic acids is 1. The van der Waals surface area contributed by atoms with Crippen molar-refractivity contribution < 1.29 is 19.4 Å². The summed E-state index contributed by atoms with van der Waals surface area (Å²) in [6.07, 6.45) is 0.370. The smallest absolute Gasteiger partial charge is 0.309 e. The maximum Gasteiger partial charge on any atom is 0.309 e. The minimum Gasteiger partial charge on any atom is -0.481 e. The van der Waals surface area contributed by atoms with E-state index in [0.717, 1.165) is 0 Å². The van der Waals surface area contributed by atoms with Gasteiger partial charge in [-0.05, 0) is 6.42 Å². The van der Waals surface area contributed by atoms with Gasteiger partial charge in [-0.15, -0.1) is 0 Å². The Morgan fingerprint density at radius 3 is 2.54 bits per heavy atom. The predicted molar refractivity (Wildman–Crippen MR) is 44.1 cm³/mol. The highest BCUT2D eigenvalue weighted by Gasteiger charge is 2.31. The molecule has 5 heteroatoms. The van der Waals surface area contributed by atoms with Crippen LogP contribution in [0.3, 0.4) is 0 Å². The first kappa shape index (κ1) is 9.98. The fraction of sp³-hybridized carbons (Fsp3) is 0.750. The van der Waals surface area contributed by atoms with Crippen LogP contribution in [0.15, 0.2) is 0 Å². The largest absolute Gasteiger partial charge is 0.481 e. The molecule has 0 aromatic heterocycles. The number of rotatable bonds is 2. The molecule has 1 aliphatic heterocycles. The Labute approximate surface area is 76.1 Å². The van der Waals surface area contributed by atoms with E-state index in [1.807, 2.05) is 0 Å². The van der Waals surface area contributed by atoms with Gasteiger partial charge in [0.25, 0.3) is 0 Å². The van der Waals surface area contributed by atoms with Crippen molar-refractivity contribution in [2.24, 2.45) is 11.8 Å². The molecule has 5 nitrogen and oxygen atoms in total. The van der Waals surface area contributed by atoms with Gasteiger partial charge in [0, 0.05) is 13.1 Å². The normalized spacial score (nSPS) is 28.1. The average molecular weight is 187 g/mol. The van der Waals surface area contributed by atoms with Gasteiger partial charge in [0.1, 0.15) is 0 Å². The Hall–Kier alpha value is -1.10. The molecule has 0 amide bonds. The van der Waals surface area contributed by atoms with Crippen molar-refractivity contribution in [2.75, 3.05) is 20.2 Å². The number of hydrogen-bond acceptors (Lipinski definition) is 4. The zero-order chi connectivity index (χ0) is 9.84. The van der Waals surface area contributed by atoms with Crippen LogP contribution in [0.4, 0.5) is 0 Å². The van der Waals surface area contributed by atoms with Gasteiger partial charge in [-0.25, -0.2) is 0 Å². The van der Waals surface area contributed by atoms with E-state index in [1.54, 1.807) is 0 Å². The van der Waals surface area contributed by atoms with E-state index in [1.165, 1.54) is 7.11 Å². The molecule has 0 spiro atoms. The number of hydrogen-bond donors (Lipinski definition) is 2. The van der Waals surface area contributed by atoms with Crippen LogP contribution >= 0.6 is 0 Å². The first-order valence-electron chi connectivity index (χ1n) is 4.16. The topological polar surface area (TPSA) is 75.6 Å². The number of carboxylic acids is 1. The van der Waals surface area contributed by atoms with Crippen LogP contribution in [0.2, 0.25) is 0 Å². The van der Waals surface area contributed by atoms with Crippen LogP contribution in [-0.2, 0) is 14.3 Å². The molecule has 1 rings (SSSR count). The molecular formula is C8H13NO4. The maximum absolute atomic E-state index is 11.1. The van der Waals surface area contributed by atoms with E-state index >= 15 is 0 Å². The van der Waals surface area contributed by atoms with E-state index < -0.39 is 11.9 Å². The molecule has 0 aliphatic carbocycles. The third-order valence-corrected chi connectivity index (χ3v) is 2.23. The van der Waals surface area contributed by atoms with Crippen molar-refractivity contribution in [1.82, 2.24) is 5.32 Å². The summed E-state index contributed by atoms with van der Waals surface area (Å²) in [7, 11) is 1.31. The van der Waals surface area contributed by atoms with Crippen molar-refractivity contribution in [3.05, 3.63) is 0 Å². The van der Waals surface area contributed by atoms with Gasteiger partial charge >= 0.3 is 11.9 Å². The van der Waals surface area contributed by atoms with Crippen LogP contribution in [0, 0.1) is 11.8 Å². The Bertz CT molecular complexity index is 216. The Kier molecular flexibility index (Phi) is 3.25. The number of piperidine rings is 1. The van der Waals surface area contributed by atoms with Crippen molar-refractivity contribution >= 4 is 11.9 Å². The molecule has 1 aliphatic rings. The quantitative estimate of drug-likeness (QED) is 0.568. The molecule has 0 bridgehead atoms. The standard InChI is InChI=1S/C8H13NO4/c1-13-8(12)6-2-5(7(10)11)3-9-4-6/h5-6,9H,2-4H2,1H3,(H,10,11)/t5-,6+/m0/s1. The molecule has 74 valence electrons. The van der Waals surface area contributed by atoms with Gasteiger partial charge in [-0.1, -0.05) is 0 Å². The van der Waals surface area contributed by atoms with Crippen LogP contribution in [0.25, 0.3) is 0 Å². The summed E-state index contributed by atoms with van der Waals surface area (Å²) in [4.78, 5) is 21.7. The van der Waals surface area contributed by atoms with Gasteiger partial charge in [-0.3, -0.25) is 9.59 Å². The fourth-order valence-corrected chi connectivity index (χ4v) is 1.48. The van der Waals surface area contributed by atoms with Crippen molar-refractivity contribution in [1.29, 1.82) is 0 Å². The van der Waals surface area contributed by atoms with Crippen molar-refractivity contribution in [2.45, 2.75) is 6.42 Å². The molecule has 0 saturated carbocycles. The lowest BCUT2D eigenvalue weighted by molar-refractivity contribution is -0.149. The molecular weight excluding hydrogens is 174 g/mol. The zero-order valence-corrected chi connectivity index (χ0v) is 7.45. The summed E-state index contributed by atoms with van der Waals surface area (Å²) >= 11 is 0. The van der Waals surface area contributed by atoms with E-state index in [2.05, 4.69) is 10.1 Å². The molecule has 1 heterocycles. The summed E-state index contributed by atoms with van der Waals surface area (Å²) in [5, 5.41) is 11.6. The third-order valence-electron chi connectivity index (χ3n) is 2.23. The van der Waals surface area contributed by atoms with E-state index in [4.69, 9.17) is 5.11 Å². The van der Waals surface area contributed by atoms with Crippen LogP contribution < -0.4 is 5.32 Å². The summed E-state index contributed by atoms with van der Waals surface area (Å²) in [5.41, 5.74) is 0. The lowest BCUT2D eigenvalue weighted by Crippen LogP contribution is -2.42. The second-order valence-corrected chi connectivity index (χ2v) is 3.15. The minimum atomic E-state index is -0.860. The number of carbonyl (C=O) groups is 2. The number of carbonyl (C=O) groups excluding carboxylic acids is 1. The Balaban J connectivity index is 2.51. The predicted octanol–water partition coefficient (Wildman–Crippen LogP) is -0.530. The van der Waals surface area contributed by atoms with Gasteiger partial charge in [0.2, 0.25) is 0 Å². The van der Waals surface area contributed by atoms with Crippen molar-refractivity contribution in [3.63, 3.8) is 0 Å². The van der Waals surface area contributed by atoms with Crippen LogP contribution in [-0.4, -0.2) is 37.2 Å². The summed E-state index contributed by atoms with van der Waals surface area (Å²) in [6, 6.07) is 0. The van der Waals surface area contributed by atoms with E-state index in [-0.39, 0.29) is 11.9 Å². The zero-order valence-electron chi connectivity index (χ0n) is 7.45. The van der Waals surface area contributed by atoms with Gasteiger partial charge < -0.3 is 15.2 Å². The SMILES string of the molecule is COC(=O)[C@H]1CNC[C@@H](C(=O)O)C1. The van der Waals surface area contributed by atoms with E-state index in [9.17, 15) is 9.59 Å². The van der Waals surface area contributed by atoms with Gasteiger partial charge in [-0.2, -0.15) is 0 Å². The van der Waals surface area contributed by atoms with Gasteiger partial charge in [0.15, 0.2) is 0 Å². The Morgan fingerprint density at radius 1 is 1.38 bits per heavy atom.